The fourth-order valence-corrected chi connectivity index (χ4v) is 4.11. The van der Waals surface area contributed by atoms with E-state index in [0.717, 1.165) is 17.8 Å². The maximum absolute atomic E-state index is 13.2. The van der Waals surface area contributed by atoms with Gasteiger partial charge in [-0.05, 0) is 32.6 Å². The molecule has 0 radical (unpaired) electrons. The molecule has 1 atom stereocenters. The molecule has 1 amide bonds. The monoisotopic (exact) mass is 430 g/mol. The number of anilines is 1. The lowest BCUT2D eigenvalue weighted by Crippen LogP contribution is -2.54. The van der Waals surface area contributed by atoms with E-state index in [1.165, 1.54) is 4.90 Å². The van der Waals surface area contributed by atoms with Gasteiger partial charge in [0.2, 0.25) is 5.91 Å². The Morgan fingerprint density at radius 3 is 2.25 bits per heavy atom. The minimum atomic E-state index is -5.95. The first-order valence-corrected chi connectivity index (χ1v) is 9.22. The summed E-state index contributed by atoms with van der Waals surface area (Å²) in [6.07, 6.45) is -11.4. The van der Waals surface area contributed by atoms with Crippen LogP contribution < -0.4 is 4.90 Å². The van der Waals surface area contributed by atoms with Crippen LogP contribution in [-0.2, 0) is 10.4 Å². The maximum atomic E-state index is 13.2. The summed E-state index contributed by atoms with van der Waals surface area (Å²) in [6, 6.07) is 2.28. The topological polar surface area (TPSA) is 43.8 Å². The van der Waals surface area contributed by atoms with Crippen molar-refractivity contribution < 1.29 is 36.2 Å². The highest BCUT2D eigenvalue weighted by Gasteiger charge is 2.71. The number of rotatable bonds is 4. The first-order chi connectivity index (χ1) is 12.7. The molecular formula is C17H20F6N2O2S. The van der Waals surface area contributed by atoms with Gasteiger partial charge in [0.1, 0.15) is 0 Å². The molecule has 0 bridgehead atoms. The molecule has 0 saturated heterocycles. The molecule has 1 N–H and O–H groups in total. The highest BCUT2D eigenvalue weighted by molar-refractivity contribution is 8.00. The van der Waals surface area contributed by atoms with Crippen LogP contribution in [0.25, 0.3) is 0 Å². The number of hydrogen-bond donors (Lipinski definition) is 1. The summed E-state index contributed by atoms with van der Waals surface area (Å²) in [5.41, 5.74) is -6.08. The third-order valence-electron chi connectivity index (χ3n) is 4.38. The molecule has 0 saturated carbocycles. The summed E-state index contributed by atoms with van der Waals surface area (Å²) in [5.74, 6) is -0.320. The van der Waals surface area contributed by atoms with Crippen LogP contribution >= 0.6 is 11.8 Å². The maximum Gasteiger partial charge on any atom is 0.430 e. The summed E-state index contributed by atoms with van der Waals surface area (Å²) < 4.78 is 79.0. The van der Waals surface area contributed by atoms with Crippen LogP contribution in [0.1, 0.15) is 18.9 Å². The number of aliphatic hydroxyl groups is 1. The Morgan fingerprint density at radius 1 is 1.21 bits per heavy atom. The molecule has 158 valence electrons. The van der Waals surface area contributed by atoms with Gasteiger partial charge in [0, 0.05) is 22.3 Å². The van der Waals surface area contributed by atoms with Crippen molar-refractivity contribution in [3.63, 3.8) is 0 Å². The molecule has 1 aliphatic heterocycles. The number of benzene rings is 1. The molecule has 0 aliphatic carbocycles. The van der Waals surface area contributed by atoms with E-state index in [0.29, 0.717) is 25.1 Å². The van der Waals surface area contributed by atoms with Gasteiger partial charge < -0.3 is 14.9 Å². The van der Waals surface area contributed by atoms with Gasteiger partial charge in [0.15, 0.2) is 0 Å². The average Bonchev–Trinajstić information content (AvgIpc) is 2.56. The quantitative estimate of drug-likeness (QED) is 0.739. The van der Waals surface area contributed by atoms with Crippen LogP contribution in [0.4, 0.5) is 32.0 Å². The molecule has 11 heteroatoms. The first-order valence-electron chi connectivity index (χ1n) is 8.34. The summed E-state index contributed by atoms with van der Waals surface area (Å²) in [5, 5.41) is 9.43. The van der Waals surface area contributed by atoms with Crippen LogP contribution in [0.5, 0.6) is 0 Å². The molecule has 1 heterocycles. The number of carbonyl (C=O) groups is 1. The minimum absolute atomic E-state index is 0.0390. The van der Waals surface area contributed by atoms with Crippen molar-refractivity contribution in [3.8, 4) is 0 Å². The number of fused-ring (bicyclic) bond motifs is 1. The summed E-state index contributed by atoms with van der Waals surface area (Å²) in [4.78, 5) is 15.6. The van der Waals surface area contributed by atoms with Gasteiger partial charge in [-0.25, -0.2) is 0 Å². The number of nitrogens with zero attached hydrogens (tertiary/aromatic N) is 2. The molecule has 1 aromatic rings. The third kappa shape index (κ3) is 4.11. The Hall–Kier alpha value is -1.46. The lowest BCUT2D eigenvalue weighted by molar-refractivity contribution is -0.376. The second-order valence-corrected chi connectivity index (χ2v) is 8.12. The Balaban J connectivity index is 2.57. The minimum Gasteiger partial charge on any atom is -0.369 e. The van der Waals surface area contributed by atoms with Gasteiger partial charge >= 0.3 is 12.4 Å². The smallest absolute Gasteiger partial charge is 0.369 e. The van der Waals surface area contributed by atoms with Crippen molar-refractivity contribution in [2.24, 2.45) is 0 Å². The van der Waals surface area contributed by atoms with Gasteiger partial charge in [-0.15, -0.1) is 11.8 Å². The normalized spacial score (nSPS) is 18.4. The molecule has 1 unspecified atom stereocenters. The lowest BCUT2D eigenvalue weighted by atomic mass is 9.92. The summed E-state index contributed by atoms with van der Waals surface area (Å²) >= 11 is 1.10. The van der Waals surface area contributed by atoms with Gasteiger partial charge in [-0.1, -0.05) is 13.0 Å². The molecule has 0 aromatic heterocycles. The number of likely N-dealkylation sites (N-methyl/N-ethyl adjacent to an activating group) is 1. The SMILES string of the molecule is CCC1CN(C(=O)CN(C)C)c2ccc(C(O)(C(F)(F)F)C(F)(F)F)cc2S1. The van der Waals surface area contributed by atoms with Crippen molar-refractivity contribution in [2.45, 2.75) is 41.4 Å². The van der Waals surface area contributed by atoms with E-state index >= 15 is 0 Å². The van der Waals surface area contributed by atoms with Gasteiger partial charge in [0.25, 0.3) is 5.60 Å². The molecule has 1 aromatic carbocycles. The predicted molar refractivity (Wildman–Crippen MR) is 93.3 cm³/mol. The zero-order valence-corrected chi connectivity index (χ0v) is 16.2. The number of hydrogen-bond acceptors (Lipinski definition) is 4. The van der Waals surface area contributed by atoms with Crippen molar-refractivity contribution in [3.05, 3.63) is 23.8 Å². The Labute approximate surface area is 162 Å². The van der Waals surface area contributed by atoms with E-state index in [-0.39, 0.29) is 28.3 Å². The summed E-state index contributed by atoms with van der Waals surface area (Å²) in [6.45, 7) is 2.14. The lowest BCUT2D eigenvalue weighted by Gasteiger charge is -2.37. The largest absolute Gasteiger partial charge is 0.430 e. The van der Waals surface area contributed by atoms with Crippen molar-refractivity contribution in [2.75, 3.05) is 32.1 Å². The van der Waals surface area contributed by atoms with Gasteiger partial charge in [0.05, 0.1) is 12.2 Å². The molecule has 1 aliphatic rings. The Kier molecular flexibility index (Phi) is 6.32. The molecule has 2 rings (SSSR count). The van der Waals surface area contributed by atoms with Crippen LogP contribution in [0.3, 0.4) is 0 Å². The van der Waals surface area contributed by atoms with E-state index in [2.05, 4.69) is 0 Å². The fraction of sp³-hybridized carbons (Fsp3) is 0.588. The zero-order chi connectivity index (χ0) is 21.5. The van der Waals surface area contributed by atoms with Gasteiger partial charge in [-0.2, -0.15) is 26.3 Å². The van der Waals surface area contributed by atoms with E-state index in [1.54, 1.807) is 19.0 Å². The first kappa shape index (κ1) is 22.8. The van der Waals surface area contributed by atoms with Gasteiger partial charge in [-0.3, -0.25) is 4.79 Å². The highest BCUT2D eigenvalue weighted by Crippen LogP contribution is 2.52. The Bertz CT molecular complexity index is 721. The van der Waals surface area contributed by atoms with E-state index < -0.39 is 23.5 Å². The van der Waals surface area contributed by atoms with Crippen LogP contribution in [0.2, 0.25) is 0 Å². The number of halogens is 6. The second-order valence-electron chi connectivity index (χ2n) is 6.78. The number of thioether (sulfide) groups is 1. The zero-order valence-electron chi connectivity index (χ0n) is 15.4. The highest BCUT2D eigenvalue weighted by atomic mass is 32.2. The molecular weight excluding hydrogens is 410 g/mol. The fourth-order valence-electron chi connectivity index (χ4n) is 2.87. The second kappa shape index (κ2) is 7.75. The molecule has 4 nitrogen and oxygen atoms in total. The van der Waals surface area contributed by atoms with E-state index in [4.69, 9.17) is 0 Å². The van der Waals surface area contributed by atoms with Crippen molar-refractivity contribution in [1.82, 2.24) is 4.90 Å². The number of amides is 1. The number of alkyl halides is 6. The molecule has 28 heavy (non-hydrogen) atoms. The van der Waals surface area contributed by atoms with E-state index in [9.17, 15) is 36.2 Å². The van der Waals surface area contributed by atoms with Crippen LogP contribution in [-0.4, -0.2) is 60.7 Å². The van der Waals surface area contributed by atoms with Crippen LogP contribution in [0, 0.1) is 0 Å². The summed E-state index contributed by atoms with van der Waals surface area (Å²) in [7, 11) is 3.34. The average molecular weight is 430 g/mol. The number of carbonyl (C=O) groups excluding carboxylic acids is 1. The third-order valence-corrected chi connectivity index (χ3v) is 5.77. The predicted octanol–water partition coefficient (Wildman–Crippen LogP) is 3.78. The Morgan fingerprint density at radius 2 is 1.79 bits per heavy atom. The van der Waals surface area contributed by atoms with Crippen LogP contribution in [0.15, 0.2) is 23.1 Å². The molecule has 0 fully saturated rings. The van der Waals surface area contributed by atoms with Crippen molar-refractivity contribution >= 4 is 23.4 Å². The van der Waals surface area contributed by atoms with Crippen molar-refractivity contribution in [1.29, 1.82) is 0 Å². The molecule has 0 spiro atoms. The van der Waals surface area contributed by atoms with E-state index in [1.807, 2.05) is 6.92 Å². The standard InChI is InChI=1S/C17H20F6N2O2S/c1-4-11-8-25(14(26)9-24(2)3)12-6-5-10(7-13(12)28-11)15(27,16(18,19)20)17(21,22)23/h5-7,11,27H,4,8-9H2,1-3H3.